The average molecular weight is 457 g/mol. The fourth-order valence-electron chi connectivity index (χ4n) is 2.65. The Morgan fingerprint density at radius 1 is 1.09 bits per heavy atom. The molecule has 2 heterocycles. The number of benzene rings is 2. The van der Waals surface area contributed by atoms with Gasteiger partial charge in [0, 0.05) is 29.7 Å². The Morgan fingerprint density at radius 2 is 1.79 bits per heavy atom. The van der Waals surface area contributed by atoms with Gasteiger partial charge in [0.05, 0.1) is 11.6 Å². The molecule has 3 N–H and O–H groups in total. The van der Waals surface area contributed by atoms with Gasteiger partial charge in [0.2, 0.25) is 5.95 Å². The number of ether oxygens (including phenoxy) is 1. The number of nitrogens with zero attached hydrogens (tertiary/aromatic N) is 3. The van der Waals surface area contributed by atoms with E-state index in [2.05, 4.69) is 25.5 Å². The first-order valence-corrected chi connectivity index (χ1v) is 9.47. The van der Waals surface area contributed by atoms with Gasteiger partial charge < -0.3 is 14.8 Å². The summed E-state index contributed by atoms with van der Waals surface area (Å²) in [4.78, 5) is 20.3. The molecule has 33 heavy (non-hydrogen) atoms. The van der Waals surface area contributed by atoms with Crippen molar-refractivity contribution in [3.8, 4) is 5.75 Å². The largest absolute Gasteiger partial charge is 0.490 e. The van der Waals surface area contributed by atoms with Gasteiger partial charge in [-0.25, -0.2) is 20.2 Å². The van der Waals surface area contributed by atoms with E-state index >= 15 is 0 Å². The molecule has 4 rings (SSSR count). The molecule has 2 aromatic heterocycles. The molecule has 8 nitrogen and oxygen atoms in total. The predicted octanol–water partition coefficient (Wildman–Crippen LogP) is 4.62. The second-order valence-corrected chi connectivity index (χ2v) is 6.44. The van der Waals surface area contributed by atoms with Gasteiger partial charge in [-0.1, -0.05) is 36.4 Å². The third-order valence-electron chi connectivity index (χ3n) is 4.11. The molecule has 0 atom stereocenters. The maximum Gasteiger partial charge on any atom is 0.490 e. The Balaban J connectivity index is 0.000000383. The smallest absolute Gasteiger partial charge is 0.488 e. The van der Waals surface area contributed by atoms with Gasteiger partial charge in [-0.3, -0.25) is 0 Å². The number of carbonyl (C=O) groups is 1. The molecule has 0 radical (unpaired) electrons. The molecule has 0 saturated carbocycles. The topological polar surface area (TPSA) is 112 Å². The van der Waals surface area contributed by atoms with Crippen LogP contribution in [-0.2, 0) is 11.4 Å². The molecule has 0 spiro atoms. The number of hydrogen-bond acceptors (Lipinski definition) is 6. The van der Waals surface area contributed by atoms with E-state index in [0.29, 0.717) is 12.6 Å². The average Bonchev–Trinajstić information content (AvgIpc) is 3.23. The summed E-state index contributed by atoms with van der Waals surface area (Å²) >= 11 is 0. The summed E-state index contributed by atoms with van der Waals surface area (Å²) in [6.45, 7) is 0.512. The van der Waals surface area contributed by atoms with Gasteiger partial charge in [0.1, 0.15) is 12.4 Å². The molecule has 0 unspecified atom stereocenters. The van der Waals surface area contributed by atoms with Crippen LogP contribution in [0, 0.1) is 0 Å². The molecule has 0 bridgehead atoms. The van der Waals surface area contributed by atoms with Crippen molar-refractivity contribution in [2.45, 2.75) is 12.8 Å². The SMILES string of the molecule is C(=N\Nc1ncccn1)/c1c[nH]c2cccc(OCc3ccccc3)c12.O=C(O)C(F)(F)F. The zero-order valence-corrected chi connectivity index (χ0v) is 17.0. The Bertz CT molecular complexity index is 1210. The minimum Gasteiger partial charge on any atom is -0.488 e. The first kappa shape index (κ1) is 23.3. The van der Waals surface area contributed by atoms with E-state index in [4.69, 9.17) is 14.6 Å². The van der Waals surface area contributed by atoms with E-state index < -0.39 is 12.1 Å². The number of nitrogens with one attached hydrogen (secondary N) is 2. The molecular formula is C22H18F3N5O3. The highest BCUT2D eigenvalue weighted by atomic mass is 19.4. The van der Waals surface area contributed by atoms with Gasteiger partial charge in [0.15, 0.2) is 0 Å². The van der Waals surface area contributed by atoms with Crippen molar-refractivity contribution in [1.82, 2.24) is 15.0 Å². The summed E-state index contributed by atoms with van der Waals surface area (Å²) in [7, 11) is 0. The fourth-order valence-corrected chi connectivity index (χ4v) is 2.65. The maximum atomic E-state index is 10.6. The lowest BCUT2D eigenvalue weighted by molar-refractivity contribution is -0.192. The highest BCUT2D eigenvalue weighted by Crippen LogP contribution is 2.28. The molecule has 0 amide bonds. The van der Waals surface area contributed by atoms with Gasteiger partial charge in [-0.05, 0) is 23.8 Å². The molecule has 11 heteroatoms. The van der Waals surface area contributed by atoms with Gasteiger partial charge >= 0.3 is 12.1 Å². The number of rotatable bonds is 6. The number of alkyl halides is 3. The van der Waals surface area contributed by atoms with Crippen LogP contribution in [0.3, 0.4) is 0 Å². The molecule has 0 aliphatic carbocycles. The van der Waals surface area contributed by atoms with Crippen LogP contribution in [0.25, 0.3) is 10.9 Å². The van der Waals surface area contributed by atoms with Crippen molar-refractivity contribution in [3.05, 3.63) is 84.3 Å². The molecule has 4 aromatic rings. The van der Waals surface area contributed by atoms with Gasteiger partial charge in [-0.2, -0.15) is 18.3 Å². The summed E-state index contributed by atoms with van der Waals surface area (Å²) in [5.74, 6) is -1.50. The number of H-pyrrole nitrogens is 1. The molecule has 0 fully saturated rings. The first-order chi connectivity index (χ1) is 15.8. The van der Waals surface area contributed by atoms with Crippen LogP contribution in [-0.4, -0.2) is 38.4 Å². The molecule has 2 aromatic carbocycles. The summed E-state index contributed by atoms with van der Waals surface area (Å²) in [6, 6.07) is 17.8. The van der Waals surface area contributed by atoms with Crippen LogP contribution in [0.2, 0.25) is 0 Å². The molecule has 0 saturated heterocycles. The van der Waals surface area contributed by atoms with Crippen LogP contribution < -0.4 is 10.2 Å². The van der Waals surface area contributed by atoms with E-state index in [1.54, 1.807) is 24.7 Å². The van der Waals surface area contributed by atoms with Crippen LogP contribution in [0.5, 0.6) is 5.75 Å². The van der Waals surface area contributed by atoms with Crippen LogP contribution in [0.4, 0.5) is 19.1 Å². The zero-order chi connectivity index (χ0) is 23.7. The fraction of sp³-hybridized carbons (Fsp3) is 0.0909. The van der Waals surface area contributed by atoms with Crippen molar-refractivity contribution in [1.29, 1.82) is 0 Å². The molecule has 0 aliphatic rings. The van der Waals surface area contributed by atoms with Crippen LogP contribution in [0.15, 0.2) is 78.3 Å². The third kappa shape index (κ3) is 6.79. The number of fused-ring (bicyclic) bond motifs is 1. The van der Waals surface area contributed by atoms with Crippen LogP contribution >= 0.6 is 0 Å². The van der Waals surface area contributed by atoms with E-state index in [-0.39, 0.29) is 0 Å². The summed E-state index contributed by atoms with van der Waals surface area (Å²) in [5.41, 5.74) is 5.86. The van der Waals surface area contributed by atoms with E-state index in [0.717, 1.165) is 27.8 Å². The minimum atomic E-state index is -5.08. The number of aliphatic carboxylic acids is 1. The lowest BCUT2D eigenvalue weighted by Gasteiger charge is -2.08. The number of carboxylic acid groups (broad SMARTS) is 1. The number of carboxylic acids is 1. The number of halogens is 3. The highest BCUT2D eigenvalue weighted by molar-refractivity contribution is 6.02. The van der Waals surface area contributed by atoms with E-state index in [1.165, 1.54) is 0 Å². The second-order valence-electron chi connectivity index (χ2n) is 6.44. The predicted molar refractivity (Wildman–Crippen MR) is 116 cm³/mol. The van der Waals surface area contributed by atoms with Crippen molar-refractivity contribution >= 4 is 29.0 Å². The van der Waals surface area contributed by atoms with E-state index in [9.17, 15) is 13.2 Å². The number of aromatic amines is 1. The van der Waals surface area contributed by atoms with Gasteiger partial charge in [0.25, 0.3) is 0 Å². The summed E-state index contributed by atoms with van der Waals surface area (Å²) in [6.07, 6.45) is 1.86. The lowest BCUT2D eigenvalue weighted by Crippen LogP contribution is -2.21. The monoisotopic (exact) mass is 457 g/mol. The first-order valence-electron chi connectivity index (χ1n) is 9.47. The Labute approximate surface area is 185 Å². The number of aromatic nitrogens is 3. The van der Waals surface area contributed by atoms with Crippen LogP contribution in [0.1, 0.15) is 11.1 Å². The third-order valence-corrected chi connectivity index (χ3v) is 4.11. The van der Waals surface area contributed by atoms with Crippen molar-refractivity contribution in [2.75, 3.05) is 5.43 Å². The second kappa shape index (κ2) is 10.8. The molecule has 0 aliphatic heterocycles. The van der Waals surface area contributed by atoms with Gasteiger partial charge in [-0.15, -0.1) is 0 Å². The minimum absolute atomic E-state index is 0.448. The Morgan fingerprint density at radius 3 is 2.45 bits per heavy atom. The normalized spacial score (nSPS) is 11.1. The van der Waals surface area contributed by atoms with Crippen molar-refractivity contribution in [3.63, 3.8) is 0 Å². The quantitative estimate of drug-likeness (QED) is 0.288. The maximum absolute atomic E-state index is 10.6. The van der Waals surface area contributed by atoms with Crippen molar-refractivity contribution < 1.29 is 27.8 Å². The molecule has 170 valence electrons. The standard InChI is InChI=1S/C20H17N5O.C2HF3O2/c1-2-6-15(7-3-1)14-26-18-9-4-8-17-19(18)16(12-23-17)13-24-25-20-21-10-5-11-22-20;3-2(4,5)1(6)7/h1-13,23H,14H2,(H,21,22,25);(H,6,7)/b24-13+;. The molecular weight excluding hydrogens is 439 g/mol. The number of hydrogen-bond donors (Lipinski definition) is 3. The number of hydrazone groups is 1. The van der Waals surface area contributed by atoms with Crippen molar-refractivity contribution in [2.24, 2.45) is 5.10 Å². The number of anilines is 1. The lowest BCUT2D eigenvalue weighted by atomic mass is 10.1. The zero-order valence-electron chi connectivity index (χ0n) is 17.0. The highest BCUT2D eigenvalue weighted by Gasteiger charge is 2.38. The summed E-state index contributed by atoms with van der Waals surface area (Å²) in [5, 5.41) is 12.3. The Kier molecular flexibility index (Phi) is 7.58. The Hall–Kier alpha value is -4.41. The summed E-state index contributed by atoms with van der Waals surface area (Å²) < 4.78 is 37.8. The van der Waals surface area contributed by atoms with E-state index in [1.807, 2.05) is 54.7 Å².